The molecule has 9 nitrogen and oxygen atoms in total. The SMILES string of the molecule is CC(C)OCCCNC(=O)c1ccn(Cn2nnc(-c3ccccc3)n2)n1. The van der Waals surface area contributed by atoms with Crippen molar-refractivity contribution in [3.63, 3.8) is 0 Å². The van der Waals surface area contributed by atoms with Crippen LogP contribution < -0.4 is 5.32 Å². The number of hydrogen-bond donors (Lipinski definition) is 1. The minimum Gasteiger partial charge on any atom is -0.379 e. The molecule has 142 valence electrons. The zero-order valence-corrected chi connectivity index (χ0v) is 15.4. The molecule has 2 heterocycles. The van der Waals surface area contributed by atoms with Crippen LogP contribution in [0.4, 0.5) is 0 Å². The molecule has 0 radical (unpaired) electrons. The summed E-state index contributed by atoms with van der Waals surface area (Å²) in [5.41, 5.74) is 1.24. The van der Waals surface area contributed by atoms with E-state index in [0.717, 1.165) is 12.0 Å². The number of nitrogens with one attached hydrogen (secondary N) is 1. The molecule has 0 saturated carbocycles. The number of aromatic nitrogens is 6. The average Bonchev–Trinajstić information content (AvgIpc) is 3.32. The minimum atomic E-state index is -0.213. The second kappa shape index (κ2) is 9.04. The molecule has 0 aliphatic rings. The van der Waals surface area contributed by atoms with E-state index in [9.17, 15) is 4.79 Å². The fourth-order valence-electron chi connectivity index (χ4n) is 2.38. The first-order chi connectivity index (χ1) is 13.1. The van der Waals surface area contributed by atoms with Crippen molar-refractivity contribution in [3.8, 4) is 11.4 Å². The molecule has 2 aromatic heterocycles. The van der Waals surface area contributed by atoms with Crippen LogP contribution in [0.25, 0.3) is 11.4 Å². The van der Waals surface area contributed by atoms with Crippen LogP contribution in [0.2, 0.25) is 0 Å². The Balaban J connectivity index is 1.51. The van der Waals surface area contributed by atoms with E-state index in [2.05, 4.69) is 25.8 Å². The summed E-state index contributed by atoms with van der Waals surface area (Å²) in [5, 5.41) is 19.5. The Morgan fingerprint density at radius 2 is 2.00 bits per heavy atom. The van der Waals surface area contributed by atoms with Crippen molar-refractivity contribution in [2.45, 2.75) is 33.0 Å². The number of carbonyl (C=O) groups is 1. The molecule has 1 amide bonds. The number of hydrogen-bond acceptors (Lipinski definition) is 6. The molecule has 1 aromatic carbocycles. The molecule has 0 fully saturated rings. The van der Waals surface area contributed by atoms with Gasteiger partial charge in [-0.2, -0.15) is 5.10 Å². The van der Waals surface area contributed by atoms with Crippen LogP contribution in [0.5, 0.6) is 0 Å². The highest BCUT2D eigenvalue weighted by atomic mass is 16.5. The van der Waals surface area contributed by atoms with Crippen LogP contribution in [0.15, 0.2) is 42.6 Å². The van der Waals surface area contributed by atoms with E-state index >= 15 is 0 Å². The smallest absolute Gasteiger partial charge is 0.271 e. The maximum Gasteiger partial charge on any atom is 0.271 e. The van der Waals surface area contributed by atoms with Gasteiger partial charge in [-0.1, -0.05) is 30.3 Å². The van der Waals surface area contributed by atoms with Crippen molar-refractivity contribution in [1.29, 1.82) is 0 Å². The molecule has 0 bridgehead atoms. The largest absolute Gasteiger partial charge is 0.379 e. The molecule has 0 saturated heterocycles. The Morgan fingerprint density at radius 1 is 1.19 bits per heavy atom. The lowest BCUT2D eigenvalue weighted by Gasteiger charge is -2.07. The van der Waals surface area contributed by atoms with E-state index in [4.69, 9.17) is 4.74 Å². The molecule has 0 aliphatic carbocycles. The lowest BCUT2D eigenvalue weighted by molar-refractivity contribution is 0.0756. The van der Waals surface area contributed by atoms with Gasteiger partial charge in [0.05, 0.1) is 6.10 Å². The van der Waals surface area contributed by atoms with Gasteiger partial charge in [0, 0.05) is 24.9 Å². The van der Waals surface area contributed by atoms with Crippen LogP contribution >= 0.6 is 0 Å². The van der Waals surface area contributed by atoms with Crippen LogP contribution in [-0.2, 0) is 11.4 Å². The monoisotopic (exact) mass is 369 g/mol. The number of tetrazole rings is 1. The van der Waals surface area contributed by atoms with Gasteiger partial charge in [0.15, 0.2) is 6.67 Å². The number of rotatable bonds is 9. The van der Waals surface area contributed by atoms with Gasteiger partial charge in [-0.05, 0) is 31.5 Å². The van der Waals surface area contributed by atoms with E-state index in [1.165, 1.54) is 4.80 Å². The Bertz CT molecular complexity index is 857. The van der Waals surface area contributed by atoms with Crippen LogP contribution in [0.1, 0.15) is 30.8 Å². The van der Waals surface area contributed by atoms with E-state index in [1.54, 1.807) is 16.9 Å². The minimum absolute atomic E-state index is 0.198. The fourth-order valence-corrected chi connectivity index (χ4v) is 2.38. The van der Waals surface area contributed by atoms with Gasteiger partial charge in [-0.15, -0.1) is 15.0 Å². The molecule has 3 rings (SSSR count). The van der Waals surface area contributed by atoms with E-state index < -0.39 is 0 Å². The number of ether oxygens (including phenoxy) is 1. The maximum atomic E-state index is 12.1. The number of benzene rings is 1. The number of amides is 1. The predicted octanol–water partition coefficient (Wildman–Crippen LogP) is 1.59. The summed E-state index contributed by atoms with van der Waals surface area (Å²) < 4.78 is 7.03. The summed E-state index contributed by atoms with van der Waals surface area (Å²) in [5.74, 6) is 0.333. The van der Waals surface area contributed by atoms with Crippen molar-refractivity contribution in [2.24, 2.45) is 0 Å². The molecule has 0 spiro atoms. The Kier molecular flexibility index (Phi) is 6.26. The third-order valence-corrected chi connectivity index (χ3v) is 3.69. The topological polar surface area (TPSA) is 99.8 Å². The van der Waals surface area contributed by atoms with E-state index in [1.807, 2.05) is 44.2 Å². The van der Waals surface area contributed by atoms with Gasteiger partial charge in [0.1, 0.15) is 5.69 Å². The first-order valence-electron chi connectivity index (χ1n) is 8.88. The quantitative estimate of drug-likeness (QED) is 0.575. The molecule has 0 atom stereocenters. The predicted molar refractivity (Wildman–Crippen MR) is 98.9 cm³/mol. The summed E-state index contributed by atoms with van der Waals surface area (Å²) in [7, 11) is 0. The third-order valence-electron chi connectivity index (χ3n) is 3.69. The molecule has 3 aromatic rings. The fraction of sp³-hybridized carbons (Fsp3) is 0.389. The molecular formula is C18H23N7O2. The lowest BCUT2D eigenvalue weighted by Crippen LogP contribution is -2.26. The standard InChI is InChI=1S/C18H23N7O2/c1-14(2)27-12-6-10-19-18(26)16-9-11-24(21-16)13-25-22-17(20-23-25)15-7-4-3-5-8-15/h3-5,7-9,11,14H,6,10,12-13H2,1-2H3,(H,19,26). The van der Waals surface area contributed by atoms with Crippen molar-refractivity contribution in [3.05, 3.63) is 48.3 Å². The molecule has 9 heteroatoms. The van der Waals surface area contributed by atoms with E-state index in [0.29, 0.717) is 24.7 Å². The summed E-state index contributed by atoms with van der Waals surface area (Å²) in [6.07, 6.45) is 2.67. The highest BCUT2D eigenvalue weighted by Gasteiger charge is 2.10. The van der Waals surface area contributed by atoms with Gasteiger partial charge < -0.3 is 10.1 Å². The Morgan fingerprint density at radius 3 is 2.78 bits per heavy atom. The highest BCUT2D eigenvalue weighted by Crippen LogP contribution is 2.11. The molecule has 1 N–H and O–H groups in total. The first-order valence-corrected chi connectivity index (χ1v) is 8.88. The molecule has 27 heavy (non-hydrogen) atoms. The second-order valence-corrected chi connectivity index (χ2v) is 6.26. The maximum absolute atomic E-state index is 12.1. The average molecular weight is 369 g/mol. The summed E-state index contributed by atoms with van der Waals surface area (Å²) >= 11 is 0. The van der Waals surface area contributed by atoms with Crippen LogP contribution in [0, 0.1) is 0 Å². The van der Waals surface area contributed by atoms with Crippen molar-refractivity contribution in [1.82, 2.24) is 35.3 Å². The van der Waals surface area contributed by atoms with Gasteiger partial charge in [-0.3, -0.25) is 4.79 Å². The number of carbonyl (C=O) groups excluding carboxylic acids is 1. The van der Waals surface area contributed by atoms with Gasteiger partial charge in [0.2, 0.25) is 5.82 Å². The van der Waals surface area contributed by atoms with Crippen molar-refractivity contribution >= 4 is 5.91 Å². The van der Waals surface area contributed by atoms with E-state index in [-0.39, 0.29) is 18.7 Å². The number of nitrogens with zero attached hydrogens (tertiary/aromatic N) is 6. The van der Waals surface area contributed by atoms with Crippen molar-refractivity contribution < 1.29 is 9.53 Å². The van der Waals surface area contributed by atoms with Crippen LogP contribution in [-0.4, -0.2) is 55.2 Å². The van der Waals surface area contributed by atoms with Gasteiger partial charge in [-0.25, -0.2) is 4.68 Å². The summed E-state index contributed by atoms with van der Waals surface area (Å²) in [6, 6.07) is 11.3. The molecule has 0 aliphatic heterocycles. The lowest BCUT2D eigenvalue weighted by atomic mass is 10.2. The Labute approximate surface area is 157 Å². The van der Waals surface area contributed by atoms with Gasteiger partial charge >= 0.3 is 0 Å². The molecule has 0 unspecified atom stereocenters. The first kappa shape index (κ1) is 18.7. The highest BCUT2D eigenvalue weighted by molar-refractivity contribution is 5.92. The normalized spacial score (nSPS) is 11.1. The molecular weight excluding hydrogens is 346 g/mol. The second-order valence-electron chi connectivity index (χ2n) is 6.26. The summed E-state index contributed by atoms with van der Waals surface area (Å²) in [6.45, 7) is 5.41. The zero-order valence-electron chi connectivity index (χ0n) is 15.4. The van der Waals surface area contributed by atoms with Gasteiger partial charge in [0.25, 0.3) is 5.91 Å². The van der Waals surface area contributed by atoms with Crippen molar-refractivity contribution in [2.75, 3.05) is 13.2 Å². The summed E-state index contributed by atoms with van der Waals surface area (Å²) in [4.78, 5) is 13.5. The van der Waals surface area contributed by atoms with Crippen LogP contribution in [0.3, 0.4) is 0 Å². The third kappa shape index (κ3) is 5.45. The zero-order chi connectivity index (χ0) is 19.1. The Hall–Kier alpha value is -3.07.